The third-order valence-electron chi connectivity index (χ3n) is 0.501. The summed E-state index contributed by atoms with van der Waals surface area (Å²) in [6.45, 7) is 0. The minimum absolute atomic E-state index is 0. The van der Waals surface area contributed by atoms with Crippen molar-refractivity contribution in [2.45, 2.75) is 0 Å². The van der Waals surface area contributed by atoms with E-state index in [-0.39, 0.29) is 37.2 Å². The average molecular weight is 265 g/mol. The van der Waals surface area contributed by atoms with Crippen molar-refractivity contribution in [1.29, 1.82) is 0 Å². The molecule has 1 N–H and O–H groups in total. The number of hydrogen-bond donors (Lipinski definition) is 1. The van der Waals surface area contributed by atoms with Gasteiger partial charge in [-0.3, -0.25) is 0 Å². The van der Waals surface area contributed by atoms with E-state index in [9.17, 15) is 0 Å². The molecule has 0 unspecified atom stereocenters. The van der Waals surface area contributed by atoms with Crippen LogP contribution in [0.3, 0.4) is 0 Å². The Hall–Kier alpha value is 0.963. The van der Waals surface area contributed by atoms with E-state index in [1.54, 1.807) is 0 Å². The van der Waals surface area contributed by atoms with Crippen molar-refractivity contribution in [3.05, 3.63) is 12.3 Å². The fraction of sp³-hybridized carbons (Fsp3) is 0. The second-order valence-corrected chi connectivity index (χ2v) is 2.22. The monoisotopic (exact) mass is 262 g/mol. The second kappa shape index (κ2) is 8.96. The van der Waals surface area contributed by atoms with Gasteiger partial charge in [0.05, 0.1) is 0 Å². The van der Waals surface area contributed by atoms with Crippen LogP contribution in [0.2, 0.25) is 0 Å². The summed E-state index contributed by atoms with van der Waals surface area (Å²) in [5.41, 5.74) is 0. The summed E-state index contributed by atoms with van der Waals surface area (Å²) in [6.07, 6.45) is 1.82. The number of aromatic nitrogens is 2. The minimum atomic E-state index is 0. The zero-order valence-electron chi connectivity index (χ0n) is 4.24. The van der Waals surface area contributed by atoms with Gasteiger partial charge in [-0.05, 0) is 0 Å². The molecule has 0 bridgehead atoms. The van der Waals surface area contributed by atoms with Gasteiger partial charge >= 0.3 is 50.6 Å². The third-order valence-corrected chi connectivity index (χ3v) is 1.19. The maximum absolute atomic E-state index is 3.83. The van der Waals surface area contributed by atoms with Crippen LogP contribution in [0.1, 0.15) is 0 Å². The molecule has 1 heterocycles. The fourth-order valence-corrected chi connectivity index (χ4v) is 0.624. The maximum atomic E-state index is 3.83. The van der Waals surface area contributed by atoms with Crippen LogP contribution in [-0.4, -0.2) is 10.2 Å². The van der Waals surface area contributed by atoms with Gasteiger partial charge in [-0.1, -0.05) is 0 Å². The molecule has 0 aliphatic heterocycles. The number of H-pyrrole nitrogens is 1. The van der Waals surface area contributed by atoms with E-state index in [1.165, 1.54) is 24.7 Å². The fourth-order valence-electron chi connectivity index (χ4n) is 0.260. The van der Waals surface area contributed by atoms with E-state index < -0.39 is 0 Å². The molecule has 6 heteroatoms. The molecule has 0 aromatic carbocycles. The summed E-state index contributed by atoms with van der Waals surface area (Å²) in [5, 5.41) is 6.53. The van der Waals surface area contributed by atoms with Gasteiger partial charge in [0.2, 0.25) is 0 Å². The number of hydrogen-bond acceptors (Lipinski definition) is 1. The molecule has 0 fully saturated rings. The Labute approximate surface area is 87.3 Å². The summed E-state index contributed by atoms with van der Waals surface area (Å²) in [6, 6.07) is 1.96. The van der Waals surface area contributed by atoms with Crippen LogP contribution in [0.5, 0.6) is 0 Å². The van der Waals surface area contributed by atoms with E-state index in [2.05, 4.69) is 10.2 Å². The van der Waals surface area contributed by atoms with Crippen molar-refractivity contribution in [2.24, 2.45) is 0 Å². The Bertz CT molecular complexity index is 121. The van der Waals surface area contributed by atoms with Crippen LogP contribution in [-0.2, 0) is 24.7 Å². The number of rotatable bonds is 0. The predicted octanol–water partition coefficient (Wildman–Crippen LogP) is -9.41. The number of aromatic amines is 1. The van der Waals surface area contributed by atoms with Gasteiger partial charge in [0, 0.05) is 0 Å². The second-order valence-electron chi connectivity index (χ2n) is 0.959. The number of nitrogens with one attached hydrogen (secondary N) is 1. The van der Waals surface area contributed by atoms with Gasteiger partial charge in [0.15, 0.2) is 0 Å². The molecule has 9 heavy (non-hydrogen) atoms. The Morgan fingerprint density at radius 1 is 1.33 bits per heavy atom. The first-order chi connectivity index (χ1) is 2.89. The number of halogens is 3. The summed E-state index contributed by atoms with van der Waals surface area (Å²) in [4.78, 5) is 0. The molecule has 2 nitrogen and oxygen atoms in total. The van der Waals surface area contributed by atoms with Crippen LogP contribution >= 0.6 is 0 Å². The van der Waals surface area contributed by atoms with E-state index in [4.69, 9.17) is 0 Å². The van der Waals surface area contributed by atoms with Gasteiger partial charge in [-0.25, -0.2) is 0 Å². The first-order valence-electron chi connectivity index (χ1n) is 1.61. The molecular weight excluding hydrogens is 262 g/mol. The van der Waals surface area contributed by atoms with Crippen molar-refractivity contribution >= 4 is 3.40 Å². The van der Waals surface area contributed by atoms with Crippen molar-refractivity contribution in [2.75, 3.05) is 0 Å². The standard InChI is InChI=1S/C3H3N2.3ClH.Zr/c1-2-4-5-3-1;;;;/h1-2H,(H,4,5);3*1H;/q;;;;+3/p-3. The summed E-state index contributed by atoms with van der Waals surface area (Å²) < 4.78 is 1.13. The van der Waals surface area contributed by atoms with Gasteiger partial charge in [0.1, 0.15) is 0 Å². The molecule has 0 aliphatic rings. The number of nitrogens with zero attached hydrogens (tertiary/aromatic N) is 1. The molecule has 0 saturated heterocycles. The molecular formula is C3H3Cl3N2Zr. The van der Waals surface area contributed by atoms with E-state index in [0.717, 1.165) is 3.40 Å². The Kier molecular flexibility index (Phi) is 16.4. The van der Waals surface area contributed by atoms with E-state index in [1.807, 2.05) is 12.3 Å². The molecule has 0 atom stereocenters. The molecule has 0 saturated carbocycles. The molecule has 1 aromatic heterocycles. The molecule has 50 valence electrons. The van der Waals surface area contributed by atoms with Gasteiger partial charge < -0.3 is 37.2 Å². The third kappa shape index (κ3) is 6.85. The average Bonchev–Trinajstić information content (AvgIpc) is 1.86. The van der Waals surface area contributed by atoms with Gasteiger partial charge in [-0.15, -0.1) is 0 Å². The SMILES string of the molecule is [Cl-].[Cl-].[Cl-].[Zr+3][c]1cc[nH]n1. The van der Waals surface area contributed by atoms with Crippen LogP contribution in [0.25, 0.3) is 0 Å². The van der Waals surface area contributed by atoms with Crippen LogP contribution in [0.4, 0.5) is 0 Å². The topological polar surface area (TPSA) is 28.7 Å². The van der Waals surface area contributed by atoms with Gasteiger partial charge in [0.25, 0.3) is 0 Å². The normalized spacial score (nSPS) is 6.00. The first kappa shape index (κ1) is 16.5. The Balaban J connectivity index is -0.000000120. The van der Waals surface area contributed by atoms with E-state index >= 15 is 0 Å². The van der Waals surface area contributed by atoms with Crippen molar-refractivity contribution < 1.29 is 61.9 Å². The van der Waals surface area contributed by atoms with Crippen molar-refractivity contribution in [3.8, 4) is 0 Å². The molecule has 1 aromatic rings. The quantitative estimate of drug-likeness (QED) is 0.495. The molecule has 1 rings (SSSR count). The van der Waals surface area contributed by atoms with Crippen LogP contribution < -0.4 is 40.6 Å². The van der Waals surface area contributed by atoms with Crippen molar-refractivity contribution in [1.82, 2.24) is 10.2 Å². The zero-order valence-corrected chi connectivity index (χ0v) is 8.96. The van der Waals surface area contributed by atoms with E-state index in [0.29, 0.717) is 0 Å². The molecule has 0 aliphatic carbocycles. The summed E-state index contributed by atoms with van der Waals surface area (Å²) >= 11 is 1.37. The molecule has 0 radical (unpaired) electrons. The summed E-state index contributed by atoms with van der Waals surface area (Å²) in [5.74, 6) is 0. The summed E-state index contributed by atoms with van der Waals surface area (Å²) in [7, 11) is 0. The van der Waals surface area contributed by atoms with Crippen LogP contribution in [0.15, 0.2) is 12.3 Å². The molecule has 0 amide bonds. The Morgan fingerprint density at radius 3 is 2.00 bits per heavy atom. The molecule has 0 spiro atoms. The predicted molar refractivity (Wildman–Crippen MR) is 18.2 cm³/mol. The Morgan fingerprint density at radius 2 is 1.89 bits per heavy atom. The zero-order chi connectivity index (χ0) is 4.41. The van der Waals surface area contributed by atoms with Crippen LogP contribution in [0, 0.1) is 0 Å². The van der Waals surface area contributed by atoms with Gasteiger partial charge in [-0.2, -0.15) is 0 Å². The van der Waals surface area contributed by atoms with Crippen molar-refractivity contribution in [3.63, 3.8) is 0 Å². The first-order valence-corrected chi connectivity index (χ1v) is 2.84.